The summed E-state index contributed by atoms with van der Waals surface area (Å²) in [4.78, 5) is 15.9. The van der Waals surface area contributed by atoms with Crippen molar-refractivity contribution in [1.29, 1.82) is 0 Å². The summed E-state index contributed by atoms with van der Waals surface area (Å²) in [7, 11) is -3.00. The SMILES string of the molecule is C[C@]1(NC(=O)CSc2ccccn2)CCS(=O)(=O)C1. The zero-order chi connectivity index (χ0) is 13.9. The van der Waals surface area contributed by atoms with Gasteiger partial charge in [0.15, 0.2) is 9.84 Å². The number of carbonyl (C=O) groups is 1. The molecule has 5 nitrogen and oxygen atoms in total. The van der Waals surface area contributed by atoms with Crippen molar-refractivity contribution in [3.05, 3.63) is 24.4 Å². The Labute approximate surface area is 117 Å². The lowest BCUT2D eigenvalue weighted by Crippen LogP contribution is -2.47. The van der Waals surface area contributed by atoms with E-state index in [1.165, 1.54) is 11.8 Å². The van der Waals surface area contributed by atoms with Crippen LogP contribution in [0.3, 0.4) is 0 Å². The molecule has 2 heterocycles. The van der Waals surface area contributed by atoms with E-state index in [1.807, 2.05) is 18.2 Å². The molecule has 1 amide bonds. The second-order valence-corrected chi connectivity index (χ2v) is 8.09. The van der Waals surface area contributed by atoms with Crippen molar-refractivity contribution in [2.45, 2.75) is 23.9 Å². The Morgan fingerprint density at radius 2 is 2.32 bits per heavy atom. The summed E-state index contributed by atoms with van der Waals surface area (Å²) in [5.74, 6) is 0.263. The Morgan fingerprint density at radius 1 is 1.53 bits per heavy atom. The molecule has 0 bridgehead atoms. The van der Waals surface area contributed by atoms with Gasteiger partial charge in [-0.3, -0.25) is 4.79 Å². The Hall–Kier alpha value is -1.08. The maximum absolute atomic E-state index is 11.8. The Bertz CT molecular complexity index is 560. The van der Waals surface area contributed by atoms with Crippen LogP contribution in [0.5, 0.6) is 0 Å². The van der Waals surface area contributed by atoms with Crippen LogP contribution in [-0.4, -0.2) is 42.1 Å². The smallest absolute Gasteiger partial charge is 0.230 e. The predicted octanol–water partition coefficient (Wildman–Crippen LogP) is 0.867. The molecule has 0 aromatic carbocycles. The molecular formula is C12H16N2O3S2. The first-order valence-electron chi connectivity index (χ1n) is 5.94. The van der Waals surface area contributed by atoms with Crippen molar-refractivity contribution in [2.24, 2.45) is 0 Å². The van der Waals surface area contributed by atoms with E-state index in [-0.39, 0.29) is 23.2 Å². The first kappa shape index (κ1) is 14.3. The number of carbonyl (C=O) groups excluding carboxylic acids is 1. The molecule has 1 aliphatic rings. The Kier molecular flexibility index (Phi) is 4.15. The predicted molar refractivity (Wildman–Crippen MR) is 74.8 cm³/mol. The fourth-order valence-electron chi connectivity index (χ4n) is 2.05. The van der Waals surface area contributed by atoms with Crippen LogP contribution in [0.1, 0.15) is 13.3 Å². The molecule has 1 aliphatic heterocycles. The molecule has 7 heteroatoms. The standard InChI is InChI=1S/C12H16N2O3S2/c1-12(5-7-19(16,17)9-12)14-10(15)8-18-11-4-2-3-6-13-11/h2-4,6H,5,7-9H2,1H3,(H,14,15)/t12-/m0/s1. The van der Waals surface area contributed by atoms with E-state index in [0.29, 0.717) is 6.42 Å². The summed E-state index contributed by atoms with van der Waals surface area (Å²) in [6, 6.07) is 5.51. The van der Waals surface area contributed by atoms with Crippen molar-refractivity contribution >= 4 is 27.5 Å². The van der Waals surface area contributed by atoms with Crippen LogP contribution < -0.4 is 5.32 Å². The average Bonchev–Trinajstić information content (AvgIpc) is 2.62. The first-order chi connectivity index (χ1) is 8.89. The van der Waals surface area contributed by atoms with Crippen molar-refractivity contribution in [2.75, 3.05) is 17.3 Å². The zero-order valence-corrected chi connectivity index (χ0v) is 12.3. The highest BCUT2D eigenvalue weighted by atomic mass is 32.2. The Morgan fingerprint density at radius 3 is 2.89 bits per heavy atom. The van der Waals surface area contributed by atoms with Gasteiger partial charge in [0, 0.05) is 6.20 Å². The van der Waals surface area contributed by atoms with Gasteiger partial charge in [-0.1, -0.05) is 17.8 Å². The molecule has 19 heavy (non-hydrogen) atoms. The van der Waals surface area contributed by atoms with Gasteiger partial charge in [0.05, 0.1) is 27.8 Å². The molecule has 1 fully saturated rings. The minimum Gasteiger partial charge on any atom is -0.349 e. The minimum absolute atomic E-state index is 0.0278. The zero-order valence-electron chi connectivity index (χ0n) is 10.6. The normalized spacial score (nSPS) is 25.1. The molecule has 0 saturated carbocycles. The highest BCUT2D eigenvalue weighted by Crippen LogP contribution is 2.23. The van der Waals surface area contributed by atoms with Gasteiger partial charge in [0.25, 0.3) is 0 Å². The third-order valence-electron chi connectivity index (χ3n) is 2.93. The lowest BCUT2D eigenvalue weighted by Gasteiger charge is -2.23. The molecule has 1 saturated heterocycles. The van der Waals surface area contributed by atoms with Gasteiger partial charge in [-0.05, 0) is 25.5 Å². The molecule has 0 spiro atoms. The second-order valence-electron chi connectivity index (χ2n) is 4.91. The fraction of sp³-hybridized carbons (Fsp3) is 0.500. The number of sulfone groups is 1. The van der Waals surface area contributed by atoms with E-state index < -0.39 is 15.4 Å². The number of nitrogens with zero attached hydrogens (tertiary/aromatic N) is 1. The summed E-state index contributed by atoms with van der Waals surface area (Å²) in [6.07, 6.45) is 2.15. The summed E-state index contributed by atoms with van der Waals surface area (Å²) >= 11 is 1.34. The van der Waals surface area contributed by atoms with E-state index in [9.17, 15) is 13.2 Å². The number of amides is 1. The number of thioether (sulfide) groups is 1. The maximum atomic E-state index is 11.8. The van der Waals surface area contributed by atoms with E-state index in [4.69, 9.17) is 0 Å². The molecule has 1 aromatic rings. The molecule has 0 radical (unpaired) electrons. The summed E-state index contributed by atoms with van der Waals surface area (Å²) in [5.41, 5.74) is -0.624. The highest BCUT2D eigenvalue weighted by molar-refractivity contribution is 7.99. The Balaban J connectivity index is 1.85. The van der Waals surface area contributed by atoms with Crippen LogP contribution in [0.4, 0.5) is 0 Å². The molecular weight excluding hydrogens is 284 g/mol. The fourth-order valence-corrected chi connectivity index (χ4v) is 4.81. The quantitative estimate of drug-likeness (QED) is 0.835. The van der Waals surface area contributed by atoms with Crippen LogP contribution in [0.15, 0.2) is 29.4 Å². The van der Waals surface area contributed by atoms with Gasteiger partial charge in [-0.2, -0.15) is 0 Å². The highest BCUT2D eigenvalue weighted by Gasteiger charge is 2.39. The molecule has 0 aliphatic carbocycles. The van der Waals surface area contributed by atoms with Crippen molar-refractivity contribution in [1.82, 2.24) is 10.3 Å². The average molecular weight is 300 g/mol. The summed E-state index contributed by atoms with van der Waals surface area (Å²) in [6.45, 7) is 1.78. The largest absolute Gasteiger partial charge is 0.349 e. The minimum atomic E-state index is -3.00. The number of hydrogen-bond donors (Lipinski definition) is 1. The van der Waals surface area contributed by atoms with Crippen molar-refractivity contribution in [3.8, 4) is 0 Å². The molecule has 0 unspecified atom stereocenters. The monoisotopic (exact) mass is 300 g/mol. The van der Waals surface area contributed by atoms with Gasteiger partial charge in [0.1, 0.15) is 0 Å². The van der Waals surface area contributed by atoms with Gasteiger partial charge in [-0.25, -0.2) is 13.4 Å². The molecule has 1 atom stereocenters. The number of aromatic nitrogens is 1. The molecule has 1 aromatic heterocycles. The number of pyridine rings is 1. The third kappa shape index (κ3) is 4.21. The van der Waals surface area contributed by atoms with E-state index in [0.717, 1.165) is 5.03 Å². The summed E-state index contributed by atoms with van der Waals surface area (Å²) in [5, 5.41) is 3.59. The van der Waals surface area contributed by atoms with Gasteiger partial charge < -0.3 is 5.32 Å². The summed E-state index contributed by atoms with van der Waals surface area (Å²) < 4.78 is 22.9. The second kappa shape index (κ2) is 5.50. The maximum Gasteiger partial charge on any atom is 0.230 e. The third-order valence-corrected chi connectivity index (χ3v) is 5.78. The van der Waals surface area contributed by atoms with E-state index in [1.54, 1.807) is 13.1 Å². The van der Waals surface area contributed by atoms with E-state index in [2.05, 4.69) is 10.3 Å². The number of rotatable bonds is 4. The van der Waals surface area contributed by atoms with Crippen LogP contribution >= 0.6 is 11.8 Å². The molecule has 2 rings (SSSR count). The van der Waals surface area contributed by atoms with Gasteiger partial charge in [-0.15, -0.1) is 0 Å². The first-order valence-corrected chi connectivity index (χ1v) is 8.75. The van der Waals surface area contributed by atoms with Crippen molar-refractivity contribution in [3.63, 3.8) is 0 Å². The van der Waals surface area contributed by atoms with Crippen molar-refractivity contribution < 1.29 is 13.2 Å². The number of nitrogens with one attached hydrogen (secondary N) is 1. The van der Waals surface area contributed by atoms with Crippen LogP contribution in [-0.2, 0) is 14.6 Å². The van der Waals surface area contributed by atoms with Crippen LogP contribution in [0, 0.1) is 0 Å². The van der Waals surface area contributed by atoms with Gasteiger partial charge >= 0.3 is 0 Å². The molecule has 104 valence electrons. The van der Waals surface area contributed by atoms with Gasteiger partial charge in [0.2, 0.25) is 5.91 Å². The van der Waals surface area contributed by atoms with E-state index >= 15 is 0 Å². The topological polar surface area (TPSA) is 76.1 Å². The lowest BCUT2D eigenvalue weighted by molar-refractivity contribution is -0.120. The van der Waals surface area contributed by atoms with Crippen LogP contribution in [0.2, 0.25) is 0 Å². The molecule has 1 N–H and O–H groups in total. The van der Waals surface area contributed by atoms with Crippen LogP contribution in [0.25, 0.3) is 0 Å². The lowest BCUT2D eigenvalue weighted by atomic mass is 10.0. The number of hydrogen-bond acceptors (Lipinski definition) is 5.